The number of halogens is 1. The number of hydrogen-bond donors (Lipinski definition) is 0. The zero-order valence-electron chi connectivity index (χ0n) is 14.5. The normalized spacial score (nSPS) is 18.0. The first-order chi connectivity index (χ1) is 11.9. The van der Waals surface area contributed by atoms with E-state index in [1.165, 1.54) is 0 Å². The highest BCUT2D eigenvalue weighted by molar-refractivity contribution is 6.27. The van der Waals surface area contributed by atoms with Gasteiger partial charge in [0.15, 0.2) is 0 Å². The second kappa shape index (κ2) is 6.96. The lowest BCUT2D eigenvalue weighted by Gasteiger charge is -2.39. The molecule has 0 aliphatic carbocycles. The molecule has 0 aromatic carbocycles. The third-order valence-corrected chi connectivity index (χ3v) is 4.73. The average Bonchev–Trinajstić information content (AvgIpc) is 3.15. The number of carbonyl (C=O) groups is 2. The molecule has 0 saturated carbocycles. The van der Waals surface area contributed by atoms with Gasteiger partial charge in [0, 0.05) is 37.6 Å². The van der Waals surface area contributed by atoms with E-state index >= 15 is 0 Å². The molecule has 1 fully saturated rings. The van der Waals surface area contributed by atoms with Crippen LogP contribution in [-0.2, 0) is 11.3 Å². The van der Waals surface area contributed by atoms with E-state index < -0.39 is 0 Å². The molecule has 3 rings (SSSR count). The quantitative estimate of drug-likeness (QED) is 0.620. The van der Waals surface area contributed by atoms with Gasteiger partial charge in [-0.1, -0.05) is 12.2 Å². The van der Waals surface area contributed by atoms with Gasteiger partial charge >= 0.3 is 0 Å². The van der Waals surface area contributed by atoms with Crippen molar-refractivity contribution in [2.24, 2.45) is 0 Å². The summed E-state index contributed by atoms with van der Waals surface area (Å²) >= 11 is 5.65. The highest BCUT2D eigenvalue weighted by Crippen LogP contribution is 2.24. The van der Waals surface area contributed by atoms with Gasteiger partial charge < -0.3 is 18.8 Å². The minimum absolute atomic E-state index is 0.0316. The number of allylic oxidation sites excluding steroid dienone is 1. The number of aromatic nitrogens is 1. The number of furan rings is 1. The summed E-state index contributed by atoms with van der Waals surface area (Å²) < 4.78 is 7.40. The van der Waals surface area contributed by atoms with Gasteiger partial charge in [0.05, 0.1) is 6.26 Å². The Morgan fingerprint density at radius 3 is 2.80 bits per heavy atom. The van der Waals surface area contributed by atoms with Crippen molar-refractivity contribution in [3.63, 3.8) is 0 Å². The molecule has 1 unspecified atom stereocenters. The van der Waals surface area contributed by atoms with E-state index in [1.807, 2.05) is 30.5 Å². The highest BCUT2D eigenvalue weighted by Gasteiger charge is 2.31. The molecule has 0 N–H and O–H groups in total. The van der Waals surface area contributed by atoms with Gasteiger partial charge in [-0.15, -0.1) is 11.6 Å². The van der Waals surface area contributed by atoms with Crippen molar-refractivity contribution in [2.45, 2.75) is 26.4 Å². The smallest absolute Gasteiger partial charge is 0.270 e. The molecule has 2 amide bonds. The summed E-state index contributed by atoms with van der Waals surface area (Å²) in [6.45, 7) is 9.79. The van der Waals surface area contributed by atoms with Crippen LogP contribution in [0.4, 0.5) is 0 Å². The summed E-state index contributed by atoms with van der Waals surface area (Å²) in [6.07, 6.45) is 1.62. The fourth-order valence-electron chi connectivity index (χ4n) is 3.33. The molecule has 3 heterocycles. The number of rotatable bonds is 4. The van der Waals surface area contributed by atoms with E-state index in [-0.39, 0.29) is 23.7 Å². The van der Waals surface area contributed by atoms with Crippen LogP contribution in [0.5, 0.6) is 0 Å². The second-order valence-corrected chi connectivity index (χ2v) is 6.84. The molecule has 134 valence electrons. The molecule has 7 heteroatoms. The molecule has 1 saturated heterocycles. The first kappa shape index (κ1) is 17.6. The average molecular weight is 364 g/mol. The van der Waals surface area contributed by atoms with Crippen molar-refractivity contribution in [1.82, 2.24) is 14.4 Å². The van der Waals surface area contributed by atoms with Crippen LogP contribution in [0.2, 0.25) is 0 Å². The van der Waals surface area contributed by atoms with Crippen LogP contribution in [0.15, 0.2) is 35.0 Å². The maximum atomic E-state index is 13.1. The Balaban J connectivity index is 1.84. The maximum absolute atomic E-state index is 13.1. The standard InChI is InChI=1S/C18H22ClN3O3/c1-12(2)10-22-15(8-14-4-7-25-18(14)22)17(24)20-5-6-21(13(3)11-20)16(23)9-19/h4,7-8,13H,1,5-6,9-11H2,2-3H3. The predicted octanol–water partition coefficient (Wildman–Crippen LogP) is 2.72. The number of amides is 2. The summed E-state index contributed by atoms with van der Waals surface area (Å²) in [5.41, 5.74) is 2.20. The molecule has 6 nitrogen and oxygen atoms in total. The van der Waals surface area contributed by atoms with Crippen molar-refractivity contribution in [1.29, 1.82) is 0 Å². The molecule has 25 heavy (non-hydrogen) atoms. The molecule has 1 aliphatic rings. The van der Waals surface area contributed by atoms with Gasteiger partial charge in [0.2, 0.25) is 11.6 Å². The first-order valence-corrected chi connectivity index (χ1v) is 8.81. The monoisotopic (exact) mass is 363 g/mol. The third kappa shape index (κ3) is 3.31. The van der Waals surface area contributed by atoms with Gasteiger partial charge in [0.25, 0.3) is 5.91 Å². The third-order valence-electron chi connectivity index (χ3n) is 4.50. The van der Waals surface area contributed by atoms with E-state index in [2.05, 4.69) is 6.58 Å². The van der Waals surface area contributed by atoms with Gasteiger partial charge in [-0.25, -0.2) is 0 Å². The largest absolute Gasteiger partial charge is 0.448 e. The zero-order chi connectivity index (χ0) is 18.1. The van der Waals surface area contributed by atoms with Crippen LogP contribution in [0.3, 0.4) is 0 Å². The van der Waals surface area contributed by atoms with Crippen molar-refractivity contribution in [3.8, 4) is 0 Å². The Kier molecular flexibility index (Phi) is 4.90. The van der Waals surface area contributed by atoms with Gasteiger partial charge in [-0.05, 0) is 26.0 Å². The van der Waals surface area contributed by atoms with Crippen LogP contribution in [0, 0.1) is 0 Å². The van der Waals surface area contributed by atoms with Crippen LogP contribution in [-0.4, -0.2) is 57.7 Å². The molecule has 2 aromatic rings. The number of alkyl halides is 1. The SMILES string of the molecule is C=C(C)Cn1c(C(=O)N2CCN(C(=O)CCl)C(C)C2)cc2ccoc21. The van der Waals surface area contributed by atoms with E-state index in [9.17, 15) is 9.59 Å². The van der Waals surface area contributed by atoms with E-state index in [0.717, 1.165) is 11.0 Å². The lowest BCUT2D eigenvalue weighted by atomic mass is 10.1. The number of hydrogen-bond acceptors (Lipinski definition) is 3. The lowest BCUT2D eigenvalue weighted by Crippen LogP contribution is -2.56. The molecule has 0 spiro atoms. The Hall–Kier alpha value is -2.21. The predicted molar refractivity (Wildman–Crippen MR) is 96.8 cm³/mol. The van der Waals surface area contributed by atoms with Crippen molar-refractivity contribution in [3.05, 3.63) is 36.2 Å². The Labute approximate surface area is 151 Å². The maximum Gasteiger partial charge on any atom is 0.270 e. The highest BCUT2D eigenvalue weighted by atomic mass is 35.5. The van der Waals surface area contributed by atoms with Crippen molar-refractivity contribution >= 4 is 34.5 Å². The van der Waals surface area contributed by atoms with Crippen molar-refractivity contribution < 1.29 is 14.0 Å². The molecule has 0 bridgehead atoms. The number of fused-ring (bicyclic) bond motifs is 1. The summed E-state index contributed by atoms with van der Waals surface area (Å²) in [5, 5.41) is 0.897. The summed E-state index contributed by atoms with van der Waals surface area (Å²) in [5.74, 6) is -0.183. The molecular formula is C18H22ClN3O3. The number of piperazine rings is 1. The molecule has 1 aliphatic heterocycles. The van der Waals surface area contributed by atoms with Crippen LogP contribution in [0.1, 0.15) is 24.3 Å². The summed E-state index contributed by atoms with van der Waals surface area (Å²) in [6, 6.07) is 3.64. The second-order valence-electron chi connectivity index (χ2n) is 6.57. The molecular weight excluding hydrogens is 342 g/mol. The molecule has 0 radical (unpaired) electrons. The zero-order valence-corrected chi connectivity index (χ0v) is 15.3. The summed E-state index contributed by atoms with van der Waals surface area (Å²) in [7, 11) is 0. The van der Waals surface area contributed by atoms with E-state index in [0.29, 0.717) is 37.6 Å². The topological polar surface area (TPSA) is 58.7 Å². The van der Waals surface area contributed by atoms with E-state index in [1.54, 1.807) is 16.1 Å². The number of carbonyl (C=O) groups excluding carboxylic acids is 2. The number of nitrogens with zero attached hydrogens (tertiary/aromatic N) is 3. The van der Waals surface area contributed by atoms with E-state index in [4.69, 9.17) is 16.0 Å². The Morgan fingerprint density at radius 1 is 1.40 bits per heavy atom. The minimum atomic E-state index is -0.0931. The Morgan fingerprint density at radius 2 is 2.16 bits per heavy atom. The van der Waals surface area contributed by atoms with Gasteiger partial charge in [0.1, 0.15) is 11.6 Å². The molecule has 2 aromatic heterocycles. The van der Waals surface area contributed by atoms with Crippen LogP contribution < -0.4 is 0 Å². The Bertz CT molecular complexity index is 823. The fourth-order valence-corrected chi connectivity index (χ4v) is 3.48. The molecule has 1 atom stereocenters. The fraction of sp³-hybridized carbons (Fsp3) is 0.444. The lowest BCUT2D eigenvalue weighted by molar-refractivity contribution is -0.132. The van der Waals surface area contributed by atoms with Crippen molar-refractivity contribution in [2.75, 3.05) is 25.5 Å². The van der Waals surface area contributed by atoms with Crippen LogP contribution in [0.25, 0.3) is 11.1 Å². The minimum Gasteiger partial charge on any atom is -0.448 e. The van der Waals surface area contributed by atoms with Gasteiger partial charge in [-0.2, -0.15) is 0 Å². The van der Waals surface area contributed by atoms with Gasteiger partial charge in [-0.3, -0.25) is 9.59 Å². The summed E-state index contributed by atoms with van der Waals surface area (Å²) in [4.78, 5) is 28.4. The van der Waals surface area contributed by atoms with Crippen LogP contribution >= 0.6 is 11.6 Å². The first-order valence-electron chi connectivity index (χ1n) is 8.28.